The fourth-order valence-electron chi connectivity index (χ4n) is 1.58. The number of nitrogens with two attached hydrogens (primary N) is 1. The molecule has 0 amide bonds. The van der Waals surface area contributed by atoms with Crippen LogP contribution in [0.3, 0.4) is 0 Å². The van der Waals surface area contributed by atoms with E-state index in [1.807, 2.05) is 0 Å². The summed E-state index contributed by atoms with van der Waals surface area (Å²) in [6.45, 7) is 10.5. The zero-order valence-corrected chi connectivity index (χ0v) is 16.2. The van der Waals surface area contributed by atoms with Crippen molar-refractivity contribution in [3.05, 3.63) is 0 Å². The van der Waals surface area contributed by atoms with E-state index in [-0.39, 0.29) is 18.6 Å². The Bertz CT molecular complexity index is 176. The molecule has 16 heavy (non-hydrogen) atoms. The van der Waals surface area contributed by atoms with E-state index in [2.05, 4.69) is 31.5 Å². The molecule has 98 valence electrons. The third-order valence-electron chi connectivity index (χ3n) is 2.33. The van der Waals surface area contributed by atoms with Crippen LogP contribution in [0.4, 0.5) is 0 Å². The Kier molecular flexibility index (Phi) is 10.1. The molecule has 0 rings (SSSR count). The molecule has 0 aliphatic rings. The summed E-state index contributed by atoms with van der Waals surface area (Å²) in [5.41, 5.74) is 5.53. The zero-order valence-electron chi connectivity index (χ0n) is 11.2. The molecule has 0 aliphatic carbocycles. The summed E-state index contributed by atoms with van der Waals surface area (Å²) in [5.74, 6) is 0. The van der Waals surface area contributed by atoms with E-state index < -0.39 is 17.5 Å². The van der Waals surface area contributed by atoms with Gasteiger partial charge in [-0.2, -0.15) is 0 Å². The van der Waals surface area contributed by atoms with Crippen LogP contribution in [-0.2, 0) is 8.23 Å². The fraction of sp³-hybridized carbons (Fsp3) is 1.00. The van der Waals surface area contributed by atoms with Crippen molar-refractivity contribution in [3.8, 4) is 0 Å². The molecule has 3 N–H and O–H groups in total. The van der Waals surface area contributed by atoms with Gasteiger partial charge >= 0.3 is 0 Å². The van der Waals surface area contributed by atoms with Crippen molar-refractivity contribution in [2.75, 3.05) is 13.1 Å². The van der Waals surface area contributed by atoms with Crippen molar-refractivity contribution in [1.29, 1.82) is 0 Å². The minimum absolute atomic E-state index is 0.314. The lowest BCUT2D eigenvalue weighted by Gasteiger charge is -2.28. The summed E-state index contributed by atoms with van der Waals surface area (Å²) < 4.78 is 12.0. The first kappa shape index (κ1) is 16.7. The van der Waals surface area contributed by atoms with Gasteiger partial charge < -0.3 is 18.9 Å². The molecule has 0 fully saturated rings. The van der Waals surface area contributed by atoms with Crippen molar-refractivity contribution >= 4 is 36.1 Å². The molecule has 0 heterocycles. The first-order valence-corrected chi connectivity index (χ1v) is 16.8. The van der Waals surface area contributed by atoms with Crippen molar-refractivity contribution in [2.24, 2.45) is 5.73 Å². The lowest BCUT2D eigenvalue weighted by atomic mass is 10.6. The average Bonchev–Trinajstić information content (AvgIpc) is 2.22. The summed E-state index contributed by atoms with van der Waals surface area (Å²) in [5, 5.41) is 0. The summed E-state index contributed by atoms with van der Waals surface area (Å²) in [6, 6.07) is 1.19. The molecule has 8 heteroatoms. The van der Waals surface area contributed by atoms with E-state index >= 15 is 0 Å². The van der Waals surface area contributed by atoms with Crippen LogP contribution in [0.15, 0.2) is 0 Å². The first-order valence-electron chi connectivity index (χ1n) is 6.24. The lowest BCUT2D eigenvalue weighted by molar-refractivity contribution is 0.546. The second-order valence-electron chi connectivity index (χ2n) is 4.46. The van der Waals surface area contributed by atoms with Crippen molar-refractivity contribution in [2.45, 2.75) is 39.0 Å². The highest BCUT2D eigenvalue weighted by molar-refractivity contribution is 6.99. The van der Waals surface area contributed by atoms with Crippen LogP contribution in [0.25, 0.3) is 0 Å². The molecule has 0 aromatic heterocycles. The van der Waals surface area contributed by atoms with Gasteiger partial charge in [-0.25, -0.2) is 0 Å². The van der Waals surface area contributed by atoms with Crippen molar-refractivity contribution in [1.82, 2.24) is 4.98 Å². The van der Waals surface area contributed by atoms with Crippen molar-refractivity contribution in [3.63, 3.8) is 0 Å². The maximum absolute atomic E-state index is 6.19. The largest absolute Gasteiger partial charge is 0.463 e. The van der Waals surface area contributed by atoms with Crippen molar-refractivity contribution < 1.29 is 8.23 Å². The van der Waals surface area contributed by atoms with Gasteiger partial charge in [0, 0.05) is 13.1 Å². The Morgan fingerprint density at radius 3 is 2.56 bits per heavy atom. The monoisotopic (exact) mass is 296 g/mol. The third-order valence-corrected chi connectivity index (χ3v) is 16.4. The molecule has 0 spiro atoms. The Balaban J connectivity index is 3.82. The standard InChI is InChI=1S/C8H28N2O2Si4/c1-5-8-16(4,10-7-6-9)12-14-13-11-15(2)3/h10,15H,5-9,13-14H2,1-4H3. The van der Waals surface area contributed by atoms with Crippen LogP contribution in [0.5, 0.6) is 0 Å². The van der Waals surface area contributed by atoms with Crippen LogP contribution >= 0.6 is 0 Å². The number of nitrogens with one attached hydrogen (secondary N) is 1. The molecular weight excluding hydrogens is 268 g/mol. The highest BCUT2D eigenvalue weighted by Gasteiger charge is 2.26. The summed E-state index contributed by atoms with van der Waals surface area (Å²) in [7, 11) is -3.13. The van der Waals surface area contributed by atoms with E-state index in [9.17, 15) is 0 Å². The van der Waals surface area contributed by atoms with Crippen LogP contribution < -0.4 is 10.7 Å². The topological polar surface area (TPSA) is 56.5 Å². The number of rotatable bonds is 10. The zero-order chi connectivity index (χ0) is 12.4. The molecule has 4 nitrogen and oxygen atoms in total. The molecule has 0 aliphatic heterocycles. The van der Waals surface area contributed by atoms with Gasteiger partial charge in [0.15, 0.2) is 27.6 Å². The highest BCUT2D eigenvalue weighted by Crippen LogP contribution is 2.09. The van der Waals surface area contributed by atoms with Crippen LogP contribution in [0, 0.1) is 0 Å². The minimum Gasteiger partial charge on any atom is -0.463 e. The Morgan fingerprint density at radius 2 is 2.06 bits per heavy atom. The Labute approximate surface area is 107 Å². The molecule has 0 saturated heterocycles. The smallest absolute Gasteiger partial charge is 0.254 e. The second kappa shape index (κ2) is 9.71. The van der Waals surface area contributed by atoms with Gasteiger partial charge in [-0.05, 0) is 25.7 Å². The van der Waals surface area contributed by atoms with E-state index in [4.69, 9.17) is 14.0 Å². The molecule has 1 atom stereocenters. The SMILES string of the molecule is CCC[Si](C)(NCCN)O[SiH2][SiH2]O[SiH](C)C. The highest BCUT2D eigenvalue weighted by atomic mass is 29.2. The number of hydrogen-bond acceptors (Lipinski definition) is 4. The summed E-state index contributed by atoms with van der Waals surface area (Å²) in [6.07, 6.45) is 1.19. The lowest BCUT2D eigenvalue weighted by Crippen LogP contribution is -2.53. The predicted octanol–water partition coefficient (Wildman–Crippen LogP) is -0.884. The van der Waals surface area contributed by atoms with Gasteiger partial charge in [-0.15, -0.1) is 0 Å². The summed E-state index contributed by atoms with van der Waals surface area (Å²) in [4.78, 5) is 3.54. The third kappa shape index (κ3) is 8.81. The molecule has 0 bridgehead atoms. The summed E-state index contributed by atoms with van der Waals surface area (Å²) >= 11 is 0. The van der Waals surface area contributed by atoms with Crippen LogP contribution in [-0.4, -0.2) is 49.2 Å². The van der Waals surface area contributed by atoms with E-state index in [1.165, 1.54) is 12.5 Å². The van der Waals surface area contributed by atoms with Gasteiger partial charge in [-0.3, -0.25) is 0 Å². The molecule has 1 unspecified atom stereocenters. The number of hydrogen-bond donors (Lipinski definition) is 2. The molecule has 0 aromatic carbocycles. The Hall–Kier alpha value is 0.708. The quantitative estimate of drug-likeness (QED) is 0.406. The van der Waals surface area contributed by atoms with Gasteiger partial charge in [0.25, 0.3) is 8.48 Å². The predicted molar refractivity (Wildman–Crippen MR) is 81.9 cm³/mol. The Morgan fingerprint density at radius 1 is 1.38 bits per heavy atom. The maximum Gasteiger partial charge on any atom is 0.254 e. The second-order valence-corrected chi connectivity index (χ2v) is 15.6. The maximum atomic E-state index is 6.19. The van der Waals surface area contributed by atoms with Crippen LogP contribution in [0.1, 0.15) is 13.3 Å². The molecular formula is C8H28N2O2Si4. The van der Waals surface area contributed by atoms with Gasteiger partial charge in [-0.1, -0.05) is 13.3 Å². The molecule has 0 radical (unpaired) electrons. The van der Waals surface area contributed by atoms with Gasteiger partial charge in [0.1, 0.15) is 0 Å². The van der Waals surface area contributed by atoms with E-state index in [0.717, 1.165) is 6.54 Å². The van der Waals surface area contributed by atoms with Crippen LogP contribution in [0.2, 0.25) is 25.7 Å². The first-order chi connectivity index (χ1) is 7.54. The van der Waals surface area contributed by atoms with E-state index in [0.29, 0.717) is 6.54 Å². The van der Waals surface area contributed by atoms with E-state index in [1.54, 1.807) is 0 Å². The fourth-order valence-corrected chi connectivity index (χ4v) is 18.7. The van der Waals surface area contributed by atoms with Gasteiger partial charge in [0.2, 0.25) is 0 Å². The minimum atomic E-state index is -1.64. The average molecular weight is 297 g/mol. The molecule has 0 aromatic rings. The normalized spacial score (nSPS) is 16.9. The van der Waals surface area contributed by atoms with Gasteiger partial charge in [0.05, 0.1) is 0 Å². The molecule has 0 saturated carbocycles.